The van der Waals surface area contributed by atoms with Crippen LogP contribution < -0.4 is 0 Å². The molecule has 1 aliphatic heterocycles. The van der Waals surface area contributed by atoms with Crippen LogP contribution in [0.4, 0.5) is 0 Å². The monoisotopic (exact) mass is 145 g/mol. The van der Waals surface area contributed by atoms with Crippen LogP contribution in [0.25, 0.3) is 0 Å². The van der Waals surface area contributed by atoms with Crippen LogP contribution >= 0.6 is 0 Å². The largest absolute Gasteiger partial charge is 0.262 e. The van der Waals surface area contributed by atoms with Crippen LogP contribution in [-0.4, -0.2) is 12.3 Å². The van der Waals surface area contributed by atoms with E-state index in [2.05, 4.69) is 17.1 Å². The van der Waals surface area contributed by atoms with Crippen LogP contribution in [0.5, 0.6) is 0 Å². The Labute approximate surface area is 68.1 Å². The topological polar surface area (TPSA) is 12.9 Å². The van der Waals surface area contributed by atoms with Gasteiger partial charge < -0.3 is 0 Å². The van der Waals surface area contributed by atoms with Gasteiger partial charge in [-0.15, -0.1) is 0 Å². The van der Waals surface area contributed by atoms with Gasteiger partial charge in [-0.1, -0.05) is 25.2 Å². The lowest BCUT2D eigenvalue weighted by molar-refractivity contribution is 0.799. The SMILES string of the molecule is B1CCCC1c1ccccn1. The van der Waals surface area contributed by atoms with E-state index in [1.54, 1.807) is 0 Å². The molecule has 0 spiro atoms. The van der Waals surface area contributed by atoms with Crippen molar-refractivity contribution in [2.75, 3.05) is 0 Å². The van der Waals surface area contributed by atoms with Gasteiger partial charge in [0.05, 0.1) is 0 Å². The normalized spacial score (nSPS) is 23.1. The first-order chi connectivity index (χ1) is 5.47. The molecule has 1 aromatic rings. The quantitative estimate of drug-likeness (QED) is 0.548. The van der Waals surface area contributed by atoms with Gasteiger partial charge in [0, 0.05) is 11.9 Å². The fourth-order valence-corrected chi connectivity index (χ4v) is 1.84. The molecule has 2 heterocycles. The molecule has 0 aromatic carbocycles. The zero-order valence-corrected chi connectivity index (χ0v) is 6.66. The second-order valence-corrected chi connectivity index (χ2v) is 3.24. The second-order valence-electron chi connectivity index (χ2n) is 3.24. The molecule has 2 heteroatoms. The molecule has 0 saturated carbocycles. The van der Waals surface area contributed by atoms with Crippen molar-refractivity contribution in [3.8, 4) is 0 Å². The van der Waals surface area contributed by atoms with Crippen molar-refractivity contribution in [2.24, 2.45) is 0 Å². The molecular weight excluding hydrogens is 133 g/mol. The number of aromatic nitrogens is 1. The lowest BCUT2D eigenvalue weighted by atomic mass is 9.66. The number of rotatable bonds is 1. The smallest absolute Gasteiger partial charge is 0.131 e. The number of hydrogen-bond acceptors (Lipinski definition) is 1. The van der Waals surface area contributed by atoms with E-state index in [0.29, 0.717) is 0 Å². The van der Waals surface area contributed by atoms with Crippen LogP contribution in [0.15, 0.2) is 24.4 Å². The molecule has 11 heavy (non-hydrogen) atoms. The van der Waals surface area contributed by atoms with Crippen LogP contribution in [0.1, 0.15) is 24.4 Å². The van der Waals surface area contributed by atoms with Gasteiger partial charge in [-0.05, 0) is 17.9 Å². The summed E-state index contributed by atoms with van der Waals surface area (Å²) in [6, 6.07) is 6.22. The van der Waals surface area contributed by atoms with Crippen molar-refractivity contribution in [3.63, 3.8) is 0 Å². The summed E-state index contributed by atoms with van der Waals surface area (Å²) < 4.78 is 0. The van der Waals surface area contributed by atoms with Gasteiger partial charge in [-0.3, -0.25) is 4.98 Å². The van der Waals surface area contributed by atoms with Crippen molar-refractivity contribution in [1.82, 2.24) is 4.98 Å². The highest BCUT2D eigenvalue weighted by molar-refractivity contribution is 6.38. The molecule has 0 N–H and O–H groups in total. The molecule has 1 aliphatic rings. The van der Waals surface area contributed by atoms with Crippen LogP contribution in [0.3, 0.4) is 0 Å². The van der Waals surface area contributed by atoms with E-state index >= 15 is 0 Å². The summed E-state index contributed by atoms with van der Waals surface area (Å²) in [4.78, 5) is 4.36. The van der Waals surface area contributed by atoms with Crippen LogP contribution in [-0.2, 0) is 0 Å². The van der Waals surface area contributed by atoms with Crippen molar-refractivity contribution in [1.29, 1.82) is 0 Å². The summed E-state index contributed by atoms with van der Waals surface area (Å²) >= 11 is 0. The summed E-state index contributed by atoms with van der Waals surface area (Å²) in [5.41, 5.74) is 1.30. The molecule has 1 fully saturated rings. The van der Waals surface area contributed by atoms with E-state index in [9.17, 15) is 0 Å². The Bertz CT molecular complexity index is 216. The average molecular weight is 145 g/mol. The number of nitrogens with zero attached hydrogens (tertiary/aromatic N) is 1. The predicted octanol–water partition coefficient (Wildman–Crippen LogP) is 1.77. The van der Waals surface area contributed by atoms with Gasteiger partial charge in [-0.25, -0.2) is 0 Å². The summed E-state index contributed by atoms with van der Waals surface area (Å²) in [6.45, 7) is 0. The first-order valence-corrected chi connectivity index (χ1v) is 4.38. The van der Waals surface area contributed by atoms with Gasteiger partial charge >= 0.3 is 0 Å². The molecular formula is C9H12BN. The molecule has 0 aliphatic carbocycles. The van der Waals surface area contributed by atoms with Crippen molar-refractivity contribution in [2.45, 2.75) is 25.0 Å². The molecule has 1 aromatic heterocycles. The van der Waals surface area contributed by atoms with Gasteiger partial charge in [-0.2, -0.15) is 0 Å². The Morgan fingerprint density at radius 1 is 1.45 bits per heavy atom. The molecule has 1 saturated heterocycles. The zero-order valence-electron chi connectivity index (χ0n) is 6.66. The third-order valence-electron chi connectivity index (χ3n) is 2.46. The minimum Gasteiger partial charge on any atom is -0.262 e. The third-order valence-corrected chi connectivity index (χ3v) is 2.46. The second kappa shape index (κ2) is 3.08. The van der Waals surface area contributed by atoms with E-state index in [1.165, 1.54) is 32.1 Å². The van der Waals surface area contributed by atoms with Gasteiger partial charge in [0.1, 0.15) is 7.28 Å². The Hall–Kier alpha value is -0.785. The van der Waals surface area contributed by atoms with Crippen LogP contribution in [0, 0.1) is 0 Å². The molecule has 0 radical (unpaired) electrons. The average Bonchev–Trinajstić information content (AvgIpc) is 2.58. The molecule has 1 unspecified atom stereocenters. The standard InChI is InChI=1S/C9H12BN/c1-2-7-11-9(5-1)8-4-3-6-10-8/h1-2,5,7-8,10H,3-4,6H2. The first-order valence-electron chi connectivity index (χ1n) is 4.38. The van der Waals surface area contributed by atoms with Gasteiger partial charge in [0.25, 0.3) is 0 Å². The lowest BCUT2D eigenvalue weighted by Crippen LogP contribution is -2.01. The highest BCUT2D eigenvalue weighted by Gasteiger charge is 2.18. The summed E-state index contributed by atoms with van der Waals surface area (Å²) in [5.74, 6) is 0.760. The maximum Gasteiger partial charge on any atom is 0.131 e. The Morgan fingerprint density at radius 3 is 3.09 bits per heavy atom. The van der Waals surface area contributed by atoms with Crippen molar-refractivity contribution >= 4 is 7.28 Å². The summed E-state index contributed by atoms with van der Waals surface area (Å²) in [7, 11) is 1.34. The Morgan fingerprint density at radius 2 is 2.45 bits per heavy atom. The molecule has 56 valence electrons. The Kier molecular flexibility index (Phi) is 1.93. The maximum absolute atomic E-state index is 4.36. The highest BCUT2D eigenvalue weighted by Crippen LogP contribution is 2.26. The number of hydrogen-bond donors (Lipinski definition) is 0. The predicted molar refractivity (Wildman–Crippen MR) is 48.2 cm³/mol. The summed E-state index contributed by atoms with van der Waals surface area (Å²) in [5, 5.41) is 0. The maximum atomic E-state index is 4.36. The van der Waals surface area contributed by atoms with Gasteiger partial charge in [0.15, 0.2) is 0 Å². The first kappa shape index (κ1) is 6.90. The van der Waals surface area contributed by atoms with E-state index < -0.39 is 0 Å². The minimum atomic E-state index is 0.760. The van der Waals surface area contributed by atoms with Crippen LogP contribution in [0.2, 0.25) is 6.32 Å². The van der Waals surface area contributed by atoms with E-state index in [1.807, 2.05) is 12.3 Å². The highest BCUT2D eigenvalue weighted by atomic mass is 14.7. The number of pyridine rings is 1. The Balaban J connectivity index is 2.16. The molecule has 2 rings (SSSR count). The lowest BCUT2D eigenvalue weighted by Gasteiger charge is -2.05. The van der Waals surface area contributed by atoms with Crippen molar-refractivity contribution < 1.29 is 0 Å². The minimum absolute atomic E-state index is 0.760. The van der Waals surface area contributed by atoms with E-state index in [-0.39, 0.29) is 0 Å². The van der Waals surface area contributed by atoms with E-state index in [0.717, 1.165) is 5.82 Å². The zero-order chi connectivity index (χ0) is 7.52. The molecule has 1 atom stereocenters. The molecule has 1 nitrogen and oxygen atoms in total. The van der Waals surface area contributed by atoms with E-state index in [4.69, 9.17) is 0 Å². The fraction of sp³-hybridized carbons (Fsp3) is 0.444. The summed E-state index contributed by atoms with van der Waals surface area (Å²) in [6.07, 6.45) is 6.02. The van der Waals surface area contributed by atoms with Crippen molar-refractivity contribution in [3.05, 3.63) is 30.1 Å². The van der Waals surface area contributed by atoms with Gasteiger partial charge in [0.2, 0.25) is 0 Å². The molecule has 0 amide bonds. The fourth-order valence-electron chi connectivity index (χ4n) is 1.84. The molecule has 0 bridgehead atoms. The third kappa shape index (κ3) is 1.45.